The van der Waals surface area contributed by atoms with E-state index in [1.165, 1.54) is 11.8 Å². The molecule has 2 atom stereocenters. The van der Waals surface area contributed by atoms with Gasteiger partial charge in [-0.2, -0.15) is 5.10 Å². The van der Waals surface area contributed by atoms with Crippen LogP contribution in [0.1, 0.15) is 31.9 Å². The quantitative estimate of drug-likeness (QED) is 0.666. The summed E-state index contributed by atoms with van der Waals surface area (Å²) in [5, 5.41) is 5.86. The van der Waals surface area contributed by atoms with Gasteiger partial charge in [0.1, 0.15) is 0 Å². The van der Waals surface area contributed by atoms with Crippen molar-refractivity contribution in [1.82, 2.24) is 15.2 Å². The smallest absolute Gasteiger partial charge is 0.0824 e. The molecule has 0 saturated carbocycles. The molecule has 3 N–H and O–H groups in total. The molecule has 1 saturated heterocycles. The van der Waals surface area contributed by atoms with E-state index in [2.05, 4.69) is 35.6 Å². The van der Waals surface area contributed by atoms with E-state index in [-0.39, 0.29) is 11.6 Å². The Labute approximate surface area is 125 Å². The van der Waals surface area contributed by atoms with E-state index in [1.807, 2.05) is 17.8 Å². The minimum atomic E-state index is -0.217. The second-order valence-corrected chi connectivity index (χ2v) is 6.13. The maximum Gasteiger partial charge on any atom is 0.0824 e. The van der Waals surface area contributed by atoms with Crippen LogP contribution in [0.2, 0.25) is 0 Å². The van der Waals surface area contributed by atoms with Gasteiger partial charge in [-0.3, -0.25) is 16.0 Å². The second-order valence-electron chi connectivity index (χ2n) is 6.13. The summed E-state index contributed by atoms with van der Waals surface area (Å²) in [5.74, 6) is 5.82. The van der Waals surface area contributed by atoms with E-state index < -0.39 is 0 Å². The van der Waals surface area contributed by atoms with Crippen molar-refractivity contribution in [1.29, 1.82) is 0 Å². The van der Waals surface area contributed by atoms with Crippen molar-refractivity contribution >= 4 is 10.9 Å². The highest BCUT2D eigenvalue weighted by atomic mass is 16.5. The van der Waals surface area contributed by atoms with Gasteiger partial charge in [0.25, 0.3) is 0 Å². The maximum absolute atomic E-state index is 6.03. The first-order valence-corrected chi connectivity index (χ1v) is 7.65. The van der Waals surface area contributed by atoms with Gasteiger partial charge in [-0.25, -0.2) is 0 Å². The molecule has 1 aromatic carbocycles. The predicted octanol–water partition coefficient (Wildman–Crippen LogP) is 1.91. The summed E-state index contributed by atoms with van der Waals surface area (Å²) in [6.07, 6.45) is 4.14. The predicted molar refractivity (Wildman–Crippen MR) is 83.7 cm³/mol. The fraction of sp³-hybridized carbons (Fsp3) is 0.562. The average molecular weight is 288 g/mol. The van der Waals surface area contributed by atoms with Crippen molar-refractivity contribution in [2.45, 2.75) is 44.2 Å². The molecule has 21 heavy (non-hydrogen) atoms. The zero-order valence-electron chi connectivity index (χ0n) is 12.8. The van der Waals surface area contributed by atoms with Crippen LogP contribution in [0.3, 0.4) is 0 Å². The number of hydrogen-bond acceptors (Lipinski definition) is 4. The summed E-state index contributed by atoms with van der Waals surface area (Å²) < 4.78 is 7.97. The molecule has 1 fully saturated rings. The minimum absolute atomic E-state index is 0.0658. The highest BCUT2D eigenvalue weighted by Crippen LogP contribution is 2.30. The summed E-state index contributed by atoms with van der Waals surface area (Å²) in [5.41, 5.74) is 4.97. The van der Waals surface area contributed by atoms with E-state index >= 15 is 0 Å². The number of nitrogens with zero attached hydrogens (tertiary/aromatic N) is 2. The lowest BCUT2D eigenvalue weighted by atomic mass is 9.85. The molecule has 2 unspecified atom stereocenters. The van der Waals surface area contributed by atoms with Crippen molar-refractivity contribution in [2.75, 3.05) is 6.61 Å². The van der Waals surface area contributed by atoms with E-state index in [4.69, 9.17) is 10.6 Å². The van der Waals surface area contributed by atoms with Crippen molar-refractivity contribution < 1.29 is 4.74 Å². The number of benzene rings is 1. The van der Waals surface area contributed by atoms with E-state index in [1.54, 1.807) is 0 Å². The third kappa shape index (κ3) is 2.69. The number of aryl methyl sites for hydroxylation is 1. The topological polar surface area (TPSA) is 65.1 Å². The molecule has 0 aliphatic carbocycles. The SMILES string of the molecule is Cn1nc(CC(NN)C2(C)CCCCO2)c2ccccc21. The normalized spacial score (nSPS) is 24.3. The van der Waals surface area contributed by atoms with Crippen LogP contribution in [-0.4, -0.2) is 28.0 Å². The molecule has 2 heterocycles. The van der Waals surface area contributed by atoms with Gasteiger partial charge in [-0.05, 0) is 32.3 Å². The van der Waals surface area contributed by atoms with E-state index in [0.29, 0.717) is 0 Å². The Bertz CT molecular complexity index is 616. The first-order valence-electron chi connectivity index (χ1n) is 7.65. The lowest BCUT2D eigenvalue weighted by molar-refractivity contribution is -0.0885. The average Bonchev–Trinajstić information content (AvgIpc) is 2.82. The lowest BCUT2D eigenvalue weighted by Crippen LogP contribution is -2.55. The van der Waals surface area contributed by atoms with Crippen LogP contribution in [-0.2, 0) is 18.2 Å². The highest BCUT2D eigenvalue weighted by molar-refractivity contribution is 5.81. The van der Waals surface area contributed by atoms with Gasteiger partial charge in [0.15, 0.2) is 0 Å². The zero-order valence-corrected chi connectivity index (χ0v) is 12.8. The van der Waals surface area contributed by atoms with Gasteiger partial charge in [0.2, 0.25) is 0 Å². The fourth-order valence-corrected chi connectivity index (χ4v) is 3.31. The van der Waals surface area contributed by atoms with Crippen LogP contribution in [0.15, 0.2) is 24.3 Å². The second kappa shape index (κ2) is 5.75. The first kappa shape index (κ1) is 14.5. The Morgan fingerprint density at radius 1 is 1.43 bits per heavy atom. The van der Waals surface area contributed by atoms with Gasteiger partial charge in [0.05, 0.1) is 22.9 Å². The fourth-order valence-electron chi connectivity index (χ4n) is 3.31. The number of hydrogen-bond donors (Lipinski definition) is 2. The number of fused-ring (bicyclic) bond motifs is 1. The van der Waals surface area contributed by atoms with Gasteiger partial charge < -0.3 is 4.74 Å². The standard InChI is InChI=1S/C16H24N4O/c1-16(9-5-6-10-21-16)15(18-17)11-13-12-7-3-4-8-14(12)20(2)19-13/h3-4,7-8,15,18H,5-6,9-11,17H2,1-2H3. The Morgan fingerprint density at radius 3 is 2.95 bits per heavy atom. The third-order valence-electron chi connectivity index (χ3n) is 4.67. The summed E-state index contributed by atoms with van der Waals surface area (Å²) in [6, 6.07) is 8.37. The van der Waals surface area contributed by atoms with Crippen molar-refractivity contribution in [3.05, 3.63) is 30.0 Å². The molecular formula is C16H24N4O. The van der Waals surface area contributed by atoms with Crippen molar-refractivity contribution in [3.63, 3.8) is 0 Å². The first-order chi connectivity index (χ1) is 10.1. The van der Waals surface area contributed by atoms with Gasteiger partial charge in [-0.15, -0.1) is 0 Å². The van der Waals surface area contributed by atoms with Crippen molar-refractivity contribution in [2.24, 2.45) is 12.9 Å². The molecule has 1 aromatic heterocycles. The highest BCUT2D eigenvalue weighted by Gasteiger charge is 2.37. The summed E-state index contributed by atoms with van der Waals surface area (Å²) in [7, 11) is 1.98. The number of rotatable bonds is 4. The molecule has 114 valence electrons. The molecule has 1 aliphatic rings. The number of nitrogens with one attached hydrogen (secondary N) is 1. The summed E-state index contributed by atoms with van der Waals surface area (Å²) in [4.78, 5) is 0. The van der Waals surface area contributed by atoms with Crippen LogP contribution in [0.25, 0.3) is 10.9 Å². The molecule has 5 heteroatoms. The number of aromatic nitrogens is 2. The number of ether oxygens (including phenoxy) is 1. The van der Waals surface area contributed by atoms with Crippen LogP contribution in [0.5, 0.6) is 0 Å². The Morgan fingerprint density at radius 2 is 2.24 bits per heavy atom. The lowest BCUT2D eigenvalue weighted by Gasteiger charge is -2.40. The summed E-state index contributed by atoms with van der Waals surface area (Å²) in [6.45, 7) is 2.97. The third-order valence-corrected chi connectivity index (χ3v) is 4.67. The molecule has 0 amide bonds. The van der Waals surface area contributed by atoms with Gasteiger partial charge in [-0.1, -0.05) is 18.2 Å². The van der Waals surface area contributed by atoms with Gasteiger partial charge >= 0.3 is 0 Å². The molecule has 5 nitrogen and oxygen atoms in total. The van der Waals surface area contributed by atoms with E-state index in [0.717, 1.165) is 37.1 Å². The Balaban J connectivity index is 1.89. The Hall–Kier alpha value is -1.43. The molecule has 0 bridgehead atoms. The van der Waals surface area contributed by atoms with Crippen LogP contribution in [0.4, 0.5) is 0 Å². The summed E-state index contributed by atoms with van der Waals surface area (Å²) >= 11 is 0. The van der Waals surface area contributed by atoms with Crippen molar-refractivity contribution in [3.8, 4) is 0 Å². The maximum atomic E-state index is 6.03. The van der Waals surface area contributed by atoms with Crippen LogP contribution >= 0.6 is 0 Å². The monoisotopic (exact) mass is 288 g/mol. The number of nitrogens with two attached hydrogens (primary N) is 1. The molecule has 3 rings (SSSR count). The molecule has 0 radical (unpaired) electrons. The molecule has 1 aliphatic heterocycles. The molecular weight excluding hydrogens is 264 g/mol. The molecule has 0 spiro atoms. The van der Waals surface area contributed by atoms with Crippen LogP contribution < -0.4 is 11.3 Å². The van der Waals surface area contributed by atoms with Crippen LogP contribution in [0, 0.1) is 0 Å². The largest absolute Gasteiger partial charge is 0.374 e. The minimum Gasteiger partial charge on any atom is -0.374 e. The zero-order chi connectivity index (χ0) is 14.9. The Kier molecular flexibility index (Phi) is 3.97. The van der Waals surface area contributed by atoms with Gasteiger partial charge in [0, 0.05) is 25.5 Å². The number of para-hydroxylation sites is 1. The van der Waals surface area contributed by atoms with E-state index in [9.17, 15) is 0 Å². The number of hydrazine groups is 1. The molecule has 2 aromatic rings.